The molecule has 0 unspecified atom stereocenters. The Morgan fingerprint density at radius 1 is 1.29 bits per heavy atom. The van der Waals surface area contributed by atoms with Gasteiger partial charge in [0.15, 0.2) is 5.82 Å². The molecule has 8 heteroatoms. The van der Waals surface area contributed by atoms with Crippen molar-refractivity contribution in [3.8, 4) is 0 Å². The molecule has 0 spiro atoms. The molecule has 2 rings (SSSR count). The molecular formula is C20H29F3N4S. The van der Waals surface area contributed by atoms with Gasteiger partial charge in [-0.2, -0.15) is 18.3 Å². The minimum absolute atomic E-state index is 0.119. The first kappa shape index (κ1) is 25.9. The molecule has 2 heterocycles. The van der Waals surface area contributed by atoms with Crippen LogP contribution in [0.5, 0.6) is 0 Å². The van der Waals surface area contributed by atoms with Crippen LogP contribution in [-0.4, -0.2) is 29.8 Å². The second-order valence-corrected chi connectivity index (χ2v) is 6.51. The van der Waals surface area contributed by atoms with Gasteiger partial charge < -0.3 is 0 Å². The van der Waals surface area contributed by atoms with Crippen molar-refractivity contribution in [2.24, 2.45) is 10.1 Å². The summed E-state index contributed by atoms with van der Waals surface area (Å²) in [7, 11) is 0. The molecule has 1 aromatic heterocycles. The van der Waals surface area contributed by atoms with Crippen molar-refractivity contribution < 1.29 is 13.2 Å². The van der Waals surface area contributed by atoms with Crippen molar-refractivity contribution in [3.05, 3.63) is 41.9 Å². The molecule has 0 amide bonds. The number of alkyl halides is 3. The Hall–Kier alpha value is -2.09. The lowest BCUT2D eigenvalue weighted by Crippen LogP contribution is -2.15. The van der Waals surface area contributed by atoms with E-state index in [1.807, 2.05) is 32.9 Å². The number of allylic oxidation sites excluding steroid dienone is 3. The lowest BCUT2D eigenvalue weighted by Gasteiger charge is -2.18. The average molecular weight is 415 g/mol. The highest BCUT2D eigenvalue weighted by Gasteiger charge is 2.34. The van der Waals surface area contributed by atoms with Gasteiger partial charge in [0.05, 0.1) is 4.90 Å². The zero-order chi connectivity index (χ0) is 21.6. The SMILES string of the molecule is C=NN(/C=C1/C=NC(C(F)(F)F)=CC1)c1ncccc1SCC.CC.CCC. The summed E-state index contributed by atoms with van der Waals surface area (Å²) in [6.07, 6.45) is 2.39. The summed E-state index contributed by atoms with van der Waals surface area (Å²) in [6, 6.07) is 3.72. The van der Waals surface area contributed by atoms with E-state index in [9.17, 15) is 13.2 Å². The monoisotopic (exact) mass is 414 g/mol. The van der Waals surface area contributed by atoms with E-state index in [1.165, 1.54) is 17.6 Å². The first-order valence-electron chi connectivity index (χ1n) is 9.23. The molecule has 0 radical (unpaired) electrons. The molecule has 1 aliphatic heterocycles. The number of halogens is 3. The Morgan fingerprint density at radius 2 is 1.93 bits per heavy atom. The Balaban J connectivity index is 0.00000133. The van der Waals surface area contributed by atoms with Gasteiger partial charge in [-0.3, -0.25) is 4.99 Å². The van der Waals surface area contributed by atoms with E-state index in [1.54, 1.807) is 24.2 Å². The van der Waals surface area contributed by atoms with Gasteiger partial charge in [-0.05, 0) is 36.0 Å². The lowest BCUT2D eigenvalue weighted by molar-refractivity contribution is -0.0925. The number of hydrazone groups is 1. The molecule has 156 valence electrons. The number of hydrogen-bond acceptors (Lipinski definition) is 5. The summed E-state index contributed by atoms with van der Waals surface area (Å²) in [5, 5.41) is 5.34. The van der Waals surface area contributed by atoms with Gasteiger partial charge in [-0.15, -0.1) is 11.8 Å². The molecule has 28 heavy (non-hydrogen) atoms. The number of nitrogens with zero attached hydrogens (tertiary/aromatic N) is 4. The molecule has 0 fully saturated rings. The van der Waals surface area contributed by atoms with E-state index in [0.29, 0.717) is 11.4 Å². The second kappa shape index (κ2) is 14.0. The maximum atomic E-state index is 12.5. The molecule has 0 aromatic carbocycles. The molecule has 4 nitrogen and oxygen atoms in total. The van der Waals surface area contributed by atoms with Crippen LogP contribution in [0.3, 0.4) is 0 Å². The zero-order valence-corrected chi connectivity index (χ0v) is 17.9. The summed E-state index contributed by atoms with van der Waals surface area (Å²) >= 11 is 1.60. The summed E-state index contributed by atoms with van der Waals surface area (Å²) in [4.78, 5) is 8.64. The van der Waals surface area contributed by atoms with Crippen molar-refractivity contribution in [2.45, 2.75) is 58.5 Å². The Bertz CT molecular complexity index is 682. The van der Waals surface area contributed by atoms with E-state index in [2.05, 4.69) is 35.6 Å². The fraction of sp³-hybridized carbons (Fsp3) is 0.450. The average Bonchev–Trinajstić information content (AvgIpc) is 2.69. The van der Waals surface area contributed by atoms with E-state index >= 15 is 0 Å². The molecule has 1 aromatic rings. The maximum Gasteiger partial charge on any atom is 0.433 e. The minimum Gasteiger partial charge on any atom is -0.252 e. The predicted molar refractivity (Wildman–Crippen MR) is 115 cm³/mol. The standard InChI is InChI=1S/C15H15F3N4S.C3H8.C2H6/c1-3-23-12-5-4-8-20-14(12)22(19-2)10-11-6-7-13(21-9-11)15(16,17)18;1-3-2;1-2/h4-5,7-10H,2-3,6H2,1H3;3H2,1-2H3;1-2H3/b11-10+;;. The van der Waals surface area contributed by atoms with E-state index < -0.39 is 11.9 Å². The molecule has 0 atom stereocenters. The van der Waals surface area contributed by atoms with Crippen molar-refractivity contribution in [1.29, 1.82) is 0 Å². The van der Waals surface area contributed by atoms with E-state index in [4.69, 9.17) is 0 Å². The third-order valence-electron chi connectivity index (χ3n) is 2.90. The zero-order valence-electron chi connectivity index (χ0n) is 17.1. The summed E-state index contributed by atoms with van der Waals surface area (Å²) < 4.78 is 37.6. The largest absolute Gasteiger partial charge is 0.433 e. The molecular weight excluding hydrogens is 385 g/mol. The third kappa shape index (κ3) is 8.73. The first-order chi connectivity index (χ1) is 13.4. The van der Waals surface area contributed by atoms with Crippen molar-refractivity contribution in [3.63, 3.8) is 0 Å². The smallest absolute Gasteiger partial charge is 0.252 e. The van der Waals surface area contributed by atoms with Crippen LogP contribution >= 0.6 is 11.8 Å². The third-order valence-corrected chi connectivity index (χ3v) is 3.82. The van der Waals surface area contributed by atoms with Crippen molar-refractivity contribution in [2.75, 3.05) is 10.8 Å². The number of rotatable bonds is 5. The Kier molecular flexibility index (Phi) is 12.9. The van der Waals surface area contributed by atoms with Gasteiger partial charge in [0.25, 0.3) is 0 Å². The van der Waals surface area contributed by atoms with Crippen LogP contribution in [0.4, 0.5) is 19.0 Å². The van der Waals surface area contributed by atoms with Crippen LogP contribution in [0.15, 0.2) is 56.9 Å². The molecule has 0 saturated heterocycles. The normalized spacial score (nSPS) is 14.3. The van der Waals surface area contributed by atoms with Crippen LogP contribution in [-0.2, 0) is 0 Å². The molecule has 0 aliphatic carbocycles. The van der Waals surface area contributed by atoms with Crippen LogP contribution in [0, 0.1) is 0 Å². The van der Waals surface area contributed by atoms with Crippen LogP contribution < -0.4 is 5.01 Å². The number of pyridine rings is 1. The van der Waals surface area contributed by atoms with Crippen molar-refractivity contribution in [1.82, 2.24) is 4.98 Å². The number of hydrogen-bond donors (Lipinski definition) is 0. The molecule has 0 saturated carbocycles. The molecule has 0 N–H and O–H groups in total. The topological polar surface area (TPSA) is 40.9 Å². The van der Waals surface area contributed by atoms with E-state index in [-0.39, 0.29) is 6.42 Å². The first-order valence-corrected chi connectivity index (χ1v) is 10.2. The minimum atomic E-state index is -4.43. The van der Waals surface area contributed by atoms with Crippen LogP contribution in [0.2, 0.25) is 0 Å². The van der Waals surface area contributed by atoms with Gasteiger partial charge in [0.2, 0.25) is 0 Å². The fourth-order valence-corrected chi connectivity index (χ4v) is 2.66. The highest BCUT2D eigenvalue weighted by Crippen LogP contribution is 2.31. The van der Waals surface area contributed by atoms with Gasteiger partial charge in [-0.25, -0.2) is 9.99 Å². The summed E-state index contributed by atoms with van der Waals surface area (Å²) in [6.45, 7) is 13.8. The fourth-order valence-electron chi connectivity index (χ4n) is 1.90. The van der Waals surface area contributed by atoms with Crippen molar-refractivity contribution >= 4 is 30.5 Å². The van der Waals surface area contributed by atoms with Gasteiger partial charge in [0, 0.05) is 25.3 Å². The van der Waals surface area contributed by atoms with E-state index in [0.717, 1.165) is 16.7 Å². The number of aliphatic imine (C=N–C) groups is 1. The summed E-state index contributed by atoms with van der Waals surface area (Å²) in [5.74, 6) is 1.44. The number of thioether (sulfide) groups is 1. The maximum absolute atomic E-state index is 12.5. The number of aromatic nitrogens is 1. The van der Waals surface area contributed by atoms with Gasteiger partial charge >= 0.3 is 6.18 Å². The highest BCUT2D eigenvalue weighted by atomic mass is 32.2. The highest BCUT2D eigenvalue weighted by molar-refractivity contribution is 7.99. The van der Waals surface area contributed by atoms with Gasteiger partial charge in [-0.1, -0.05) is 41.0 Å². The molecule has 1 aliphatic rings. The predicted octanol–water partition coefficient (Wildman–Crippen LogP) is 6.86. The second-order valence-electron chi connectivity index (χ2n) is 5.20. The quantitative estimate of drug-likeness (QED) is 0.300. The molecule has 0 bridgehead atoms. The van der Waals surface area contributed by atoms with Crippen LogP contribution in [0.25, 0.3) is 0 Å². The van der Waals surface area contributed by atoms with Crippen LogP contribution in [0.1, 0.15) is 47.5 Å². The Morgan fingerprint density at radius 3 is 2.39 bits per heavy atom. The lowest BCUT2D eigenvalue weighted by atomic mass is 10.1. The number of anilines is 1. The summed E-state index contributed by atoms with van der Waals surface area (Å²) in [5.41, 5.74) is -0.295. The van der Waals surface area contributed by atoms with Gasteiger partial charge in [0.1, 0.15) is 5.70 Å². The Labute approximate surface area is 170 Å².